The first-order valence-corrected chi connectivity index (χ1v) is 17.3. The van der Waals surface area contributed by atoms with E-state index in [-0.39, 0.29) is 5.91 Å². The first-order chi connectivity index (χ1) is 21.9. The number of rotatable bonds is 0. The molecule has 3 N–H and O–H groups in total. The molecule has 0 aliphatic carbocycles. The summed E-state index contributed by atoms with van der Waals surface area (Å²) in [5.74, 6) is -1.08. The zero-order valence-corrected chi connectivity index (χ0v) is 31.0. The number of benzene rings is 4. The van der Waals surface area contributed by atoms with Gasteiger partial charge in [0.15, 0.2) is 4.30 Å². The normalized spacial score (nSPS) is 10.5. The number of nitrogens with zero attached hydrogens (tertiary/aromatic N) is 1. The third-order valence-corrected chi connectivity index (χ3v) is 6.69. The zero-order valence-electron chi connectivity index (χ0n) is 24.7. The molecular weight excluding hydrogens is 827 g/mol. The van der Waals surface area contributed by atoms with Crippen LogP contribution < -0.4 is 0 Å². The smallest absolute Gasteiger partial charge is 0.394 e. The molecule has 0 fully saturated rings. The first kappa shape index (κ1) is 40.2. The Morgan fingerprint density at radius 3 is 1.64 bits per heavy atom. The Morgan fingerprint density at radius 2 is 1.13 bits per heavy atom. The van der Waals surface area contributed by atoms with Crippen molar-refractivity contribution in [3.8, 4) is 0 Å². The fourth-order valence-corrected chi connectivity index (χ4v) is 5.03. The van der Waals surface area contributed by atoms with Crippen LogP contribution in [0.3, 0.4) is 0 Å². The topological polar surface area (TPSA) is 156 Å². The number of fused-ring (bicyclic) bond motifs is 6. The second kappa shape index (κ2) is 18.5. The molecule has 0 bridgehead atoms. The third-order valence-electron chi connectivity index (χ3n) is 5.71. The van der Waals surface area contributed by atoms with Crippen LogP contribution in [0.1, 0.15) is 25.6 Å². The molecule has 6 aromatic rings. The molecule has 0 unspecified atom stereocenters. The van der Waals surface area contributed by atoms with Gasteiger partial charge in [0, 0.05) is 62.3 Å². The van der Waals surface area contributed by atoms with Crippen LogP contribution in [-0.4, -0.2) is 49.2 Å². The minimum atomic E-state index is -4.67. The number of aromatic amines is 1. The molecule has 0 aliphatic rings. The maximum Gasteiger partial charge on any atom is 0.394 e. The van der Waals surface area contributed by atoms with Gasteiger partial charge in [-0.05, 0) is 48.5 Å². The van der Waals surface area contributed by atoms with Gasteiger partial charge in [-0.3, -0.25) is 28.1 Å². The van der Waals surface area contributed by atoms with Gasteiger partial charge in [0.1, 0.15) is 0 Å². The summed E-state index contributed by atoms with van der Waals surface area (Å²) in [4.78, 5) is 34.8. The molecule has 0 saturated carbocycles. The number of ether oxygens (including phenoxy) is 1. The first-order valence-electron chi connectivity index (χ1n) is 13.1. The zero-order chi connectivity index (χ0) is 35.5. The van der Waals surface area contributed by atoms with E-state index in [0.29, 0.717) is 0 Å². The van der Waals surface area contributed by atoms with Gasteiger partial charge in [-0.2, -0.15) is 8.42 Å². The van der Waals surface area contributed by atoms with Crippen LogP contribution >= 0.6 is 66.7 Å². The van der Waals surface area contributed by atoms with E-state index >= 15 is 0 Å². The third kappa shape index (κ3) is 13.6. The van der Waals surface area contributed by atoms with Crippen molar-refractivity contribution in [1.82, 2.24) is 9.55 Å². The van der Waals surface area contributed by atoms with E-state index in [0.717, 1.165) is 30.8 Å². The number of esters is 2. The van der Waals surface area contributed by atoms with Crippen LogP contribution in [0.2, 0.25) is 0 Å². The number of carbonyl (C=O) groups is 3. The van der Waals surface area contributed by atoms with Crippen molar-refractivity contribution in [3.63, 3.8) is 0 Å². The molecule has 6 rings (SSSR count). The number of aromatic nitrogens is 2. The highest BCUT2D eigenvalue weighted by atomic mass is 79.9. The Hall–Kier alpha value is -3.01. The van der Waals surface area contributed by atoms with Crippen LogP contribution in [0.15, 0.2) is 93.9 Å². The van der Waals surface area contributed by atoms with Crippen molar-refractivity contribution in [2.24, 2.45) is 0 Å². The molecule has 2 aromatic heterocycles. The van der Waals surface area contributed by atoms with Crippen molar-refractivity contribution in [3.05, 3.63) is 93.9 Å². The van der Waals surface area contributed by atoms with E-state index in [1.165, 1.54) is 35.7 Å². The highest BCUT2D eigenvalue weighted by Gasteiger charge is 2.12. The molecule has 0 radical (unpaired) electrons. The minimum absolute atomic E-state index is 0.0403. The van der Waals surface area contributed by atoms with Gasteiger partial charge in [-0.15, -0.1) is 0 Å². The number of carbonyl (C=O) groups excluding carboxylic acids is 3. The number of alkyl halides is 3. The summed E-state index contributed by atoms with van der Waals surface area (Å²) in [7, 11) is -4.67. The Morgan fingerprint density at radius 1 is 0.702 bits per heavy atom. The molecule has 10 nitrogen and oxygen atoms in total. The largest absolute Gasteiger partial charge is 0.394 e. The second-order valence-electron chi connectivity index (χ2n) is 9.17. The van der Waals surface area contributed by atoms with E-state index in [9.17, 15) is 14.4 Å². The van der Waals surface area contributed by atoms with Gasteiger partial charge < -0.3 is 9.72 Å². The van der Waals surface area contributed by atoms with E-state index in [2.05, 4.69) is 84.0 Å². The number of hydrogen-bond donors (Lipinski definition) is 3. The highest BCUT2D eigenvalue weighted by molar-refractivity contribution is 9.10. The Bertz CT molecular complexity index is 2110. The maximum absolute atomic E-state index is 11.8. The lowest BCUT2D eigenvalue weighted by atomic mass is 10.2. The molecule has 0 atom stereocenters. The van der Waals surface area contributed by atoms with Gasteiger partial charge in [0.2, 0.25) is 5.91 Å². The molecule has 47 heavy (non-hydrogen) atoms. The van der Waals surface area contributed by atoms with Crippen molar-refractivity contribution in [2.75, 3.05) is 0 Å². The standard InChI is InChI=1S/C14H10BrNO.C12H8BrN.C4H6O3.CHCl3.H2O4S/c1-9(17)16-13-5-3-2-4-11(13)12-8-10(15)6-7-14(12)16;13-8-5-6-12-10(7-8)9-3-1-2-4-11(9)14-12;1-3(5)7-4(2)6;2-1(3)4;1-5(2,3)4/h2-8H,1H3;1-7,14H;1-2H3;1H;(H2,1,2,3,4). The number of H-pyrrole nitrogens is 1. The molecule has 4 aromatic carbocycles. The van der Waals surface area contributed by atoms with Crippen LogP contribution in [-0.2, 0) is 24.7 Å². The second-order valence-corrected chi connectivity index (χ2v) is 13.9. The highest BCUT2D eigenvalue weighted by Crippen LogP contribution is 2.31. The van der Waals surface area contributed by atoms with E-state index in [1.54, 1.807) is 11.5 Å². The average Bonchev–Trinajstić information content (AvgIpc) is 3.47. The fraction of sp³-hybridized carbons (Fsp3) is 0.129. The quantitative estimate of drug-likeness (QED) is 0.0591. The van der Waals surface area contributed by atoms with Crippen molar-refractivity contribution in [1.29, 1.82) is 0 Å². The molecule has 0 saturated heterocycles. The molecule has 0 amide bonds. The van der Waals surface area contributed by atoms with Crippen molar-refractivity contribution < 1.29 is 36.6 Å². The Balaban J connectivity index is 0.000000229. The lowest BCUT2D eigenvalue weighted by molar-refractivity contribution is -0.156. The molecule has 0 spiro atoms. The van der Waals surface area contributed by atoms with Crippen LogP contribution in [0.4, 0.5) is 0 Å². The van der Waals surface area contributed by atoms with E-state index < -0.39 is 26.6 Å². The van der Waals surface area contributed by atoms with Gasteiger partial charge in [0.25, 0.3) is 0 Å². The van der Waals surface area contributed by atoms with Gasteiger partial charge in [-0.1, -0.05) is 103 Å². The lowest BCUT2D eigenvalue weighted by Gasteiger charge is -2.00. The van der Waals surface area contributed by atoms with Crippen LogP contribution in [0.25, 0.3) is 43.6 Å². The van der Waals surface area contributed by atoms with Crippen LogP contribution in [0, 0.1) is 0 Å². The number of halogens is 5. The van der Waals surface area contributed by atoms with Crippen molar-refractivity contribution >= 4 is 139 Å². The SMILES string of the molecule is Brc1ccc2[nH]c3ccccc3c2c1.CC(=O)OC(C)=O.CC(=O)n1c2ccccc2c2cc(Br)ccc21.ClC(Cl)Cl.O=S(=O)(O)O. The average molecular weight is 854 g/mol. The summed E-state index contributed by atoms with van der Waals surface area (Å²) in [6, 6.07) is 28.6. The van der Waals surface area contributed by atoms with Crippen molar-refractivity contribution in [2.45, 2.75) is 25.1 Å². The summed E-state index contributed by atoms with van der Waals surface area (Å²) in [6.07, 6.45) is 0. The molecule has 250 valence electrons. The summed E-state index contributed by atoms with van der Waals surface area (Å²) < 4.78 is 38.7. The minimum Gasteiger partial charge on any atom is -0.394 e. The molecule has 16 heteroatoms. The lowest BCUT2D eigenvalue weighted by Crippen LogP contribution is -2.04. The Kier molecular flexibility index (Phi) is 15.8. The maximum atomic E-state index is 11.8. The van der Waals surface area contributed by atoms with Gasteiger partial charge >= 0.3 is 22.3 Å². The number of hydrogen-bond acceptors (Lipinski definition) is 6. The number of para-hydroxylation sites is 2. The molecule has 0 aliphatic heterocycles. The molecular formula is C31H27Br2Cl3N2O8S. The summed E-state index contributed by atoms with van der Waals surface area (Å²) in [5, 5.41) is 4.77. The fourth-order valence-electron chi connectivity index (χ4n) is 4.31. The monoisotopic (exact) mass is 850 g/mol. The summed E-state index contributed by atoms with van der Waals surface area (Å²) in [5.41, 5.74) is 4.31. The Labute approximate surface area is 301 Å². The van der Waals surface area contributed by atoms with Gasteiger partial charge in [-0.25, -0.2) is 0 Å². The number of nitrogens with one attached hydrogen (secondary N) is 1. The van der Waals surface area contributed by atoms with Gasteiger partial charge in [0.05, 0.1) is 11.0 Å². The summed E-state index contributed by atoms with van der Waals surface area (Å²) in [6.45, 7) is 3.96. The predicted octanol–water partition coefficient (Wildman–Crippen LogP) is 9.73. The van der Waals surface area contributed by atoms with Crippen LogP contribution in [0.5, 0.6) is 0 Å². The predicted molar refractivity (Wildman–Crippen MR) is 195 cm³/mol. The summed E-state index contributed by atoms with van der Waals surface area (Å²) >= 11 is 21.4. The van der Waals surface area contributed by atoms with E-state index in [4.69, 9.17) is 52.3 Å². The molecule has 2 heterocycles. The van der Waals surface area contributed by atoms with E-state index in [1.807, 2.05) is 42.5 Å².